The van der Waals surface area contributed by atoms with Crippen molar-refractivity contribution in [2.45, 2.75) is 40.4 Å². The highest BCUT2D eigenvalue weighted by Gasteiger charge is 2.10. The fraction of sp³-hybridized carbons (Fsp3) is 0.562. The molecule has 0 fully saturated rings. The van der Waals surface area contributed by atoms with E-state index in [1.165, 1.54) is 0 Å². The third kappa shape index (κ3) is 4.84. The fourth-order valence-electron chi connectivity index (χ4n) is 2.09. The van der Waals surface area contributed by atoms with Gasteiger partial charge in [-0.15, -0.1) is 0 Å². The van der Waals surface area contributed by atoms with Gasteiger partial charge in [-0.2, -0.15) is 5.26 Å². The second kappa shape index (κ2) is 8.57. The van der Waals surface area contributed by atoms with E-state index >= 15 is 0 Å². The molecule has 0 spiro atoms. The molecule has 0 unspecified atom stereocenters. The lowest BCUT2D eigenvalue weighted by Crippen LogP contribution is -2.20. The minimum absolute atomic E-state index is 0.219. The van der Waals surface area contributed by atoms with Gasteiger partial charge in [0.15, 0.2) is 6.29 Å². The second-order valence-corrected chi connectivity index (χ2v) is 4.53. The SMILES string of the molecule is CCOC(CCOc1c(C)cc(C#N)cc1C)OCC. The lowest BCUT2D eigenvalue weighted by atomic mass is 10.1. The summed E-state index contributed by atoms with van der Waals surface area (Å²) in [7, 11) is 0. The van der Waals surface area contributed by atoms with Crippen molar-refractivity contribution >= 4 is 0 Å². The van der Waals surface area contributed by atoms with Gasteiger partial charge in [0.25, 0.3) is 0 Å². The first-order chi connectivity index (χ1) is 9.62. The quantitative estimate of drug-likeness (QED) is 0.684. The molecule has 0 aliphatic carbocycles. The van der Waals surface area contributed by atoms with Crippen LogP contribution < -0.4 is 4.74 Å². The topological polar surface area (TPSA) is 51.5 Å². The second-order valence-electron chi connectivity index (χ2n) is 4.53. The molecule has 0 radical (unpaired) electrons. The lowest BCUT2D eigenvalue weighted by molar-refractivity contribution is -0.142. The van der Waals surface area contributed by atoms with E-state index in [1.807, 2.05) is 39.8 Å². The zero-order valence-electron chi connectivity index (χ0n) is 12.7. The minimum atomic E-state index is -0.219. The van der Waals surface area contributed by atoms with E-state index in [4.69, 9.17) is 19.5 Å². The zero-order valence-corrected chi connectivity index (χ0v) is 12.7. The monoisotopic (exact) mass is 277 g/mol. The molecule has 0 saturated carbocycles. The number of aryl methyl sites for hydroxylation is 2. The van der Waals surface area contributed by atoms with Crippen LogP contribution >= 0.6 is 0 Å². The Bertz CT molecular complexity index is 436. The fourth-order valence-corrected chi connectivity index (χ4v) is 2.09. The van der Waals surface area contributed by atoms with Crippen molar-refractivity contribution in [3.05, 3.63) is 28.8 Å². The van der Waals surface area contributed by atoms with Gasteiger partial charge in [-0.25, -0.2) is 0 Å². The van der Waals surface area contributed by atoms with Gasteiger partial charge in [-0.05, 0) is 51.0 Å². The summed E-state index contributed by atoms with van der Waals surface area (Å²) in [6.07, 6.45) is 0.463. The van der Waals surface area contributed by atoms with Gasteiger partial charge >= 0.3 is 0 Å². The maximum atomic E-state index is 8.92. The highest BCUT2D eigenvalue weighted by Crippen LogP contribution is 2.24. The maximum absolute atomic E-state index is 8.92. The van der Waals surface area contributed by atoms with Crippen molar-refractivity contribution in [3.63, 3.8) is 0 Å². The molecule has 4 heteroatoms. The molecule has 0 heterocycles. The largest absolute Gasteiger partial charge is 0.493 e. The van der Waals surface area contributed by atoms with Gasteiger partial charge in [-0.3, -0.25) is 0 Å². The van der Waals surface area contributed by atoms with Crippen molar-refractivity contribution in [3.8, 4) is 11.8 Å². The van der Waals surface area contributed by atoms with Crippen LogP contribution in [-0.2, 0) is 9.47 Å². The third-order valence-electron chi connectivity index (χ3n) is 2.89. The van der Waals surface area contributed by atoms with Crippen LogP contribution in [0.4, 0.5) is 0 Å². The Morgan fingerprint density at radius 1 is 1.10 bits per heavy atom. The van der Waals surface area contributed by atoms with E-state index < -0.39 is 0 Å². The summed E-state index contributed by atoms with van der Waals surface area (Å²) in [5.74, 6) is 0.843. The Morgan fingerprint density at radius 3 is 2.10 bits per heavy atom. The summed E-state index contributed by atoms with van der Waals surface area (Å²) < 4.78 is 16.8. The van der Waals surface area contributed by atoms with E-state index in [-0.39, 0.29) is 6.29 Å². The molecule has 0 N–H and O–H groups in total. The lowest BCUT2D eigenvalue weighted by Gasteiger charge is -2.18. The van der Waals surface area contributed by atoms with Gasteiger partial charge in [0.1, 0.15) is 5.75 Å². The summed E-state index contributed by atoms with van der Waals surface area (Å²) in [5.41, 5.74) is 2.62. The molecule has 0 aliphatic rings. The highest BCUT2D eigenvalue weighted by atomic mass is 16.7. The van der Waals surface area contributed by atoms with Crippen molar-refractivity contribution < 1.29 is 14.2 Å². The van der Waals surface area contributed by atoms with Crippen LogP contribution in [0.2, 0.25) is 0 Å². The third-order valence-corrected chi connectivity index (χ3v) is 2.89. The number of nitrogens with zero attached hydrogens (tertiary/aromatic N) is 1. The normalized spacial score (nSPS) is 10.6. The Labute approximate surface area is 121 Å². The number of hydrogen-bond acceptors (Lipinski definition) is 4. The molecular weight excluding hydrogens is 254 g/mol. The number of hydrogen-bond donors (Lipinski definition) is 0. The average molecular weight is 277 g/mol. The molecule has 1 aromatic carbocycles. The molecule has 1 aromatic rings. The highest BCUT2D eigenvalue weighted by molar-refractivity contribution is 5.47. The molecule has 4 nitrogen and oxygen atoms in total. The molecule has 0 atom stereocenters. The summed E-state index contributed by atoms with van der Waals surface area (Å²) in [6, 6.07) is 5.82. The Kier molecular flexibility index (Phi) is 7.06. The van der Waals surface area contributed by atoms with Crippen molar-refractivity contribution in [2.75, 3.05) is 19.8 Å². The molecule has 110 valence electrons. The van der Waals surface area contributed by atoms with E-state index in [0.29, 0.717) is 31.8 Å². The van der Waals surface area contributed by atoms with Crippen LogP contribution in [0.1, 0.15) is 37.0 Å². The smallest absolute Gasteiger partial charge is 0.160 e. The van der Waals surface area contributed by atoms with Crippen LogP contribution in [0.3, 0.4) is 0 Å². The Morgan fingerprint density at radius 2 is 1.65 bits per heavy atom. The van der Waals surface area contributed by atoms with Crippen LogP contribution in [0, 0.1) is 25.2 Å². The van der Waals surface area contributed by atoms with Gasteiger partial charge < -0.3 is 14.2 Å². The number of rotatable bonds is 8. The maximum Gasteiger partial charge on any atom is 0.160 e. The van der Waals surface area contributed by atoms with Gasteiger partial charge in [-0.1, -0.05) is 0 Å². The molecule has 0 saturated heterocycles. The Hall–Kier alpha value is -1.57. The molecule has 20 heavy (non-hydrogen) atoms. The first kappa shape index (κ1) is 16.5. The van der Waals surface area contributed by atoms with Crippen molar-refractivity contribution in [1.82, 2.24) is 0 Å². The van der Waals surface area contributed by atoms with E-state index in [2.05, 4.69) is 6.07 Å². The predicted octanol–water partition coefficient (Wildman–Crippen LogP) is 3.34. The number of nitriles is 1. The van der Waals surface area contributed by atoms with Gasteiger partial charge in [0.2, 0.25) is 0 Å². The van der Waals surface area contributed by atoms with Crippen molar-refractivity contribution in [1.29, 1.82) is 5.26 Å². The standard InChI is InChI=1S/C16H23NO3/c1-5-18-15(19-6-2)7-8-20-16-12(3)9-14(11-17)10-13(16)4/h9-10,15H,5-8H2,1-4H3. The van der Waals surface area contributed by atoms with Crippen LogP contribution in [0.5, 0.6) is 5.75 Å². The van der Waals surface area contributed by atoms with Gasteiger partial charge in [0, 0.05) is 19.6 Å². The molecule has 0 aliphatic heterocycles. The van der Waals surface area contributed by atoms with Crippen LogP contribution in [0.25, 0.3) is 0 Å². The van der Waals surface area contributed by atoms with E-state index in [1.54, 1.807) is 0 Å². The molecule has 0 bridgehead atoms. The predicted molar refractivity (Wildman–Crippen MR) is 77.8 cm³/mol. The molecular formula is C16H23NO3. The van der Waals surface area contributed by atoms with E-state index in [9.17, 15) is 0 Å². The summed E-state index contributed by atoms with van der Waals surface area (Å²) in [6.45, 7) is 9.57. The molecule has 0 amide bonds. The molecule has 1 rings (SSSR count). The minimum Gasteiger partial charge on any atom is -0.493 e. The van der Waals surface area contributed by atoms with Gasteiger partial charge in [0.05, 0.1) is 18.2 Å². The first-order valence-electron chi connectivity index (χ1n) is 6.99. The average Bonchev–Trinajstić information content (AvgIpc) is 2.42. The van der Waals surface area contributed by atoms with Crippen molar-refractivity contribution in [2.24, 2.45) is 0 Å². The van der Waals surface area contributed by atoms with Crippen LogP contribution in [-0.4, -0.2) is 26.1 Å². The summed E-state index contributed by atoms with van der Waals surface area (Å²) in [4.78, 5) is 0. The first-order valence-corrected chi connectivity index (χ1v) is 6.99. The molecule has 0 aromatic heterocycles. The number of benzene rings is 1. The van der Waals surface area contributed by atoms with Crippen LogP contribution in [0.15, 0.2) is 12.1 Å². The Balaban J connectivity index is 2.59. The summed E-state index contributed by atoms with van der Waals surface area (Å²) in [5, 5.41) is 8.92. The summed E-state index contributed by atoms with van der Waals surface area (Å²) >= 11 is 0. The zero-order chi connectivity index (χ0) is 15.0. The number of ether oxygens (including phenoxy) is 3. The van der Waals surface area contributed by atoms with E-state index in [0.717, 1.165) is 16.9 Å².